The van der Waals surface area contributed by atoms with E-state index in [-0.39, 0.29) is 0 Å². The van der Waals surface area contributed by atoms with Crippen LogP contribution in [0, 0.1) is 11.3 Å². The summed E-state index contributed by atoms with van der Waals surface area (Å²) >= 11 is 2.42. The van der Waals surface area contributed by atoms with Crippen LogP contribution in [0.25, 0.3) is 0 Å². The Hall–Kier alpha value is -0.876. The van der Waals surface area contributed by atoms with Crippen LogP contribution in [0.15, 0.2) is 35.5 Å². The van der Waals surface area contributed by atoms with Crippen molar-refractivity contribution in [3.8, 4) is 6.07 Å². The van der Waals surface area contributed by atoms with Gasteiger partial charge in [-0.15, -0.1) is 0 Å². The van der Waals surface area contributed by atoms with Crippen LogP contribution in [0.3, 0.4) is 0 Å². The summed E-state index contributed by atoms with van der Waals surface area (Å²) < 4.78 is 6.27. The molecule has 0 fully saturated rings. The first kappa shape index (κ1) is 15.1. The Morgan fingerprint density at radius 3 is 2.62 bits per heavy atom. The second-order valence-electron chi connectivity index (χ2n) is 3.33. The molecule has 0 atom stereocenters. The van der Waals surface area contributed by atoms with Crippen LogP contribution in [0.5, 0.6) is 0 Å². The number of allylic oxidation sites excluding steroid dienone is 4. The summed E-state index contributed by atoms with van der Waals surface area (Å²) in [6, 6.07) is 2.11. The Labute approximate surface area is 107 Å². The molecule has 0 aromatic rings. The van der Waals surface area contributed by atoms with E-state index in [1.807, 2.05) is 26.8 Å². The average Bonchev–Trinajstić information content (AvgIpc) is 2.19. The van der Waals surface area contributed by atoms with E-state index in [2.05, 4.69) is 29.6 Å². The first-order valence-corrected chi connectivity index (χ1v) is 5.85. The van der Waals surface area contributed by atoms with Gasteiger partial charge in [0.25, 0.3) is 0 Å². The number of rotatable bonds is 6. The summed E-state index contributed by atoms with van der Waals surface area (Å²) in [4.78, 5) is 0. The van der Waals surface area contributed by atoms with Gasteiger partial charge in [-0.25, -0.2) is 0 Å². The third kappa shape index (κ3) is 5.87. The molecule has 0 saturated heterocycles. The van der Waals surface area contributed by atoms with Crippen molar-refractivity contribution in [2.45, 2.75) is 27.2 Å². The minimum atomic E-state index is 0.614. The van der Waals surface area contributed by atoms with Gasteiger partial charge in [-0.3, -0.25) is 0 Å². The summed E-state index contributed by atoms with van der Waals surface area (Å²) in [6.45, 7) is 10.3. The molecule has 0 spiro atoms. The molecule has 0 aromatic carbocycles. The van der Waals surface area contributed by atoms with Gasteiger partial charge in [0, 0.05) is 0 Å². The van der Waals surface area contributed by atoms with Crippen molar-refractivity contribution in [3.05, 3.63) is 35.5 Å². The van der Waals surface area contributed by atoms with Crippen LogP contribution in [0.4, 0.5) is 0 Å². The number of ether oxygens (including phenoxy) is 1. The SMILES string of the molecule is C=C(/C=C(\C)C[C](=[V])OCC)/C(C#N)=C\C. The van der Waals surface area contributed by atoms with Crippen molar-refractivity contribution < 1.29 is 21.7 Å². The predicted molar refractivity (Wildman–Crippen MR) is 63.5 cm³/mol. The van der Waals surface area contributed by atoms with Crippen LogP contribution in [0.1, 0.15) is 27.2 Å². The molecule has 0 aliphatic carbocycles. The molecule has 0 amide bonds. The molecular weight excluding hydrogens is 237 g/mol. The molecule has 2 nitrogen and oxygen atoms in total. The second-order valence-corrected chi connectivity index (χ2v) is 4.11. The van der Waals surface area contributed by atoms with Gasteiger partial charge < -0.3 is 0 Å². The Morgan fingerprint density at radius 2 is 2.19 bits per heavy atom. The molecule has 0 radical (unpaired) electrons. The zero-order valence-corrected chi connectivity index (χ0v) is 11.5. The monoisotopic (exact) mass is 254 g/mol. The van der Waals surface area contributed by atoms with Gasteiger partial charge in [0.05, 0.1) is 0 Å². The first-order chi connectivity index (χ1) is 7.54. The molecule has 0 aliphatic heterocycles. The Morgan fingerprint density at radius 1 is 1.56 bits per heavy atom. The molecule has 3 heteroatoms. The molecule has 0 aliphatic rings. The van der Waals surface area contributed by atoms with Crippen molar-refractivity contribution in [1.82, 2.24) is 0 Å². The van der Waals surface area contributed by atoms with Crippen molar-refractivity contribution in [1.29, 1.82) is 5.26 Å². The Balaban J connectivity index is 4.50. The maximum absolute atomic E-state index is 8.83. The van der Waals surface area contributed by atoms with Crippen LogP contribution in [-0.2, 0) is 21.7 Å². The van der Waals surface area contributed by atoms with Crippen molar-refractivity contribution in [3.63, 3.8) is 0 Å². The van der Waals surface area contributed by atoms with Gasteiger partial charge in [0.15, 0.2) is 0 Å². The Bertz CT molecular complexity index is 372. The number of hydrogen-bond donors (Lipinski definition) is 0. The molecule has 0 rings (SSSR count). The van der Waals surface area contributed by atoms with E-state index >= 15 is 0 Å². The van der Waals surface area contributed by atoms with Crippen molar-refractivity contribution in [2.75, 3.05) is 6.61 Å². The number of hydrogen-bond acceptors (Lipinski definition) is 2. The van der Waals surface area contributed by atoms with Gasteiger partial charge in [-0.1, -0.05) is 0 Å². The number of nitrogens with zero attached hydrogens (tertiary/aromatic N) is 1. The van der Waals surface area contributed by atoms with E-state index < -0.39 is 0 Å². The average molecular weight is 254 g/mol. The fraction of sp³-hybridized carbons (Fsp3) is 0.385. The topological polar surface area (TPSA) is 33.0 Å². The van der Waals surface area contributed by atoms with Crippen LogP contribution < -0.4 is 0 Å². The first-order valence-electron chi connectivity index (χ1n) is 5.15. The quantitative estimate of drug-likeness (QED) is 0.539. The van der Waals surface area contributed by atoms with E-state index in [0.717, 1.165) is 22.0 Å². The maximum atomic E-state index is 8.83. The molecule has 16 heavy (non-hydrogen) atoms. The van der Waals surface area contributed by atoms with Gasteiger partial charge in [-0.2, -0.15) is 0 Å². The summed E-state index contributed by atoms with van der Waals surface area (Å²) in [6.07, 6.45) is 4.45. The standard InChI is InChI=1S/C13H17NO.V/c1-5-13(10-14)12(4)9-11(3)7-8-15-6-2;/h5,9H,4,6-7H2,1-3H3;/b11-9+,13-5-;. The van der Waals surface area contributed by atoms with E-state index in [1.54, 1.807) is 6.08 Å². The zero-order chi connectivity index (χ0) is 12.6. The third-order valence-corrected chi connectivity index (χ3v) is 2.37. The summed E-state index contributed by atoms with van der Waals surface area (Å²) in [5, 5.41) is 8.83. The predicted octanol–water partition coefficient (Wildman–Crippen LogP) is 3.06. The molecule has 85 valence electrons. The molecule has 0 unspecified atom stereocenters. The second kappa shape index (κ2) is 8.30. The van der Waals surface area contributed by atoms with E-state index in [1.165, 1.54) is 0 Å². The summed E-state index contributed by atoms with van der Waals surface area (Å²) in [7, 11) is 0. The van der Waals surface area contributed by atoms with Crippen molar-refractivity contribution in [2.24, 2.45) is 0 Å². The fourth-order valence-electron chi connectivity index (χ4n) is 1.20. The minimum absolute atomic E-state index is 0.614. The zero-order valence-electron chi connectivity index (χ0n) is 10.1. The normalized spacial score (nSPS) is 12.1. The van der Waals surface area contributed by atoms with E-state index in [9.17, 15) is 0 Å². The van der Waals surface area contributed by atoms with Crippen LogP contribution >= 0.6 is 0 Å². The van der Waals surface area contributed by atoms with Crippen LogP contribution in [0.2, 0.25) is 0 Å². The fourth-order valence-corrected chi connectivity index (χ4v) is 1.80. The molecular formula is C13H17NOV. The van der Waals surface area contributed by atoms with Crippen LogP contribution in [-0.4, -0.2) is 11.0 Å². The molecule has 0 heterocycles. The summed E-state index contributed by atoms with van der Waals surface area (Å²) in [5.41, 5.74) is 2.49. The molecule has 0 saturated carbocycles. The van der Waals surface area contributed by atoms with Gasteiger partial charge in [0.2, 0.25) is 0 Å². The summed E-state index contributed by atoms with van der Waals surface area (Å²) in [5.74, 6) is 0. The molecule has 0 aromatic heterocycles. The molecule has 0 bridgehead atoms. The third-order valence-electron chi connectivity index (χ3n) is 1.92. The van der Waals surface area contributed by atoms with Gasteiger partial charge in [0.1, 0.15) is 0 Å². The van der Waals surface area contributed by atoms with E-state index in [4.69, 9.17) is 10.00 Å². The van der Waals surface area contributed by atoms with E-state index in [0.29, 0.717) is 12.2 Å². The Kier molecular flexibility index (Phi) is 7.84. The van der Waals surface area contributed by atoms with Crippen molar-refractivity contribution >= 4 is 4.41 Å². The molecule has 0 N–H and O–H groups in total. The van der Waals surface area contributed by atoms with Gasteiger partial charge in [-0.05, 0) is 0 Å². The van der Waals surface area contributed by atoms with Gasteiger partial charge >= 0.3 is 107 Å². The number of nitriles is 1.